The van der Waals surface area contributed by atoms with E-state index in [9.17, 15) is 4.79 Å². The summed E-state index contributed by atoms with van der Waals surface area (Å²) in [5.74, 6) is -0.228. The predicted molar refractivity (Wildman–Crippen MR) is 74.7 cm³/mol. The molecule has 0 atom stereocenters. The fourth-order valence-electron chi connectivity index (χ4n) is 2.08. The number of nitrogens with one attached hydrogen (secondary N) is 1. The summed E-state index contributed by atoms with van der Waals surface area (Å²) in [5.41, 5.74) is 7.64. The Kier molecular flexibility index (Phi) is 2.81. The van der Waals surface area contributed by atoms with Gasteiger partial charge in [0.05, 0.1) is 23.3 Å². The second-order valence-electron chi connectivity index (χ2n) is 4.15. The van der Waals surface area contributed by atoms with Crippen LogP contribution in [0.3, 0.4) is 0 Å². The fourth-order valence-corrected chi connectivity index (χ4v) is 2.08. The Morgan fingerprint density at radius 2 is 1.89 bits per heavy atom. The Bertz CT molecular complexity index is 770. The highest BCUT2D eigenvalue weighted by molar-refractivity contribution is 6.12. The van der Waals surface area contributed by atoms with E-state index >= 15 is 0 Å². The van der Waals surface area contributed by atoms with Gasteiger partial charge in [0.2, 0.25) is 5.91 Å². The largest absolute Gasteiger partial charge is 0.324 e. The first-order valence-electron chi connectivity index (χ1n) is 5.92. The van der Waals surface area contributed by atoms with Gasteiger partial charge < -0.3 is 11.1 Å². The lowest BCUT2D eigenvalue weighted by molar-refractivity contribution is -0.114. The molecule has 0 aliphatic carbocycles. The molecule has 0 fully saturated rings. The molecule has 5 heteroatoms. The molecule has 1 aromatic carbocycles. The lowest BCUT2D eigenvalue weighted by Crippen LogP contribution is -2.22. The Morgan fingerprint density at radius 1 is 1.16 bits per heavy atom. The zero-order valence-electron chi connectivity index (χ0n) is 10.1. The molecule has 0 saturated carbocycles. The maximum atomic E-state index is 11.5. The summed E-state index contributed by atoms with van der Waals surface area (Å²) in [4.78, 5) is 20.2. The molecule has 0 aliphatic heterocycles. The number of fused-ring (bicyclic) bond motifs is 3. The van der Waals surface area contributed by atoms with E-state index in [1.54, 1.807) is 12.4 Å². The summed E-state index contributed by atoms with van der Waals surface area (Å²) in [7, 11) is 0. The standard InChI is InChI=1S/C14H12N4O/c15-8-12(19)18-11-7-9-3-1-5-16-13(9)14-10(11)4-2-6-17-14/h1-7H,8,15H2,(H,18,19). The lowest BCUT2D eigenvalue weighted by Gasteiger charge is -2.09. The van der Waals surface area contributed by atoms with Gasteiger partial charge in [-0.3, -0.25) is 14.8 Å². The minimum atomic E-state index is -0.228. The molecule has 1 amide bonds. The fraction of sp³-hybridized carbons (Fsp3) is 0.0714. The number of pyridine rings is 2. The minimum Gasteiger partial charge on any atom is -0.324 e. The van der Waals surface area contributed by atoms with Crippen molar-refractivity contribution in [2.75, 3.05) is 11.9 Å². The Balaban J connectivity index is 2.32. The van der Waals surface area contributed by atoms with E-state index in [4.69, 9.17) is 5.73 Å². The number of nitrogens with two attached hydrogens (primary N) is 1. The average molecular weight is 252 g/mol. The maximum absolute atomic E-state index is 11.5. The molecule has 2 aromatic heterocycles. The number of amides is 1. The highest BCUT2D eigenvalue weighted by Gasteiger charge is 2.09. The maximum Gasteiger partial charge on any atom is 0.238 e. The third-order valence-electron chi connectivity index (χ3n) is 2.92. The van der Waals surface area contributed by atoms with Gasteiger partial charge in [0.15, 0.2) is 0 Å². The van der Waals surface area contributed by atoms with Crippen molar-refractivity contribution in [3.8, 4) is 0 Å². The number of rotatable bonds is 2. The quantitative estimate of drug-likeness (QED) is 0.680. The molecule has 5 nitrogen and oxygen atoms in total. The van der Waals surface area contributed by atoms with Gasteiger partial charge in [0, 0.05) is 23.2 Å². The number of carbonyl (C=O) groups is 1. The van der Waals surface area contributed by atoms with Crippen LogP contribution in [-0.4, -0.2) is 22.4 Å². The van der Waals surface area contributed by atoms with Crippen LogP contribution in [0.2, 0.25) is 0 Å². The Hall–Kier alpha value is -2.53. The summed E-state index contributed by atoms with van der Waals surface area (Å²) in [6.07, 6.45) is 3.44. The zero-order valence-corrected chi connectivity index (χ0v) is 10.1. The van der Waals surface area contributed by atoms with Crippen molar-refractivity contribution in [3.63, 3.8) is 0 Å². The van der Waals surface area contributed by atoms with E-state index in [0.717, 1.165) is 21.8 Å². The van der Waals surface area contributed by atoms with Crippen LogP contribution in [-0.2, 0) is 4.79 Å². The van der Waals surface area contributed by atoms with Gasteiger partial charge in [-0.25, -0.2) is 0 Å². The van der Waals surface area contributed by atoms with Crippen molar-refractivity contribution in [1.82, 2.24) is 9.97 Å². The number of nitrogens with zero attached hydrogens (tertiary/aromatic N) is 2. The van der Waals surface area contributed by atoms with Crippen molar-refractivity contribution in [3.05, 3.63) is 42.7 Å². The van der Waals surface area contributed by atoms with Crippen LogP contribution in [0.15, 0.2) is 42.7 Å². The SMILES string of the molecule is NCC(=O)Nc1cc2cccnc2c2ncccc12. The van der Waals surface area contributed by atoms with Crippen LogP contribution < -0.4 is 11.1 Å². The van der Waals surface area contributed by atoms with Crippen LogP contribution in [0, 0.1) is 0 Å². The number of anilines is 1. The molecule has 0 saturated heterocycles. The zero-order chi connectivity index (χ0) is 13.2. The lowest BCUT2D eigenvalue weighted by atomic mass is 10.1. The van der Waals surface area contributed by atoms with Gasteiger partial charge in [-0.15, -0.1) is 0 Å². The molecule has 3 N–H and O–H groups in total. The molecule has 3 rings (SSSR count). The minimum absolute atomic E-state index is 0.0488. The third kappa shape index (κ3) is 2.00. The van der Waals surface area contributed by atoms with Crippen molar-refractivity contribution < 1.29 is 4.79 Å². The first-order chi connectivity index (χ1) is 9.29. The molecule has 0 spiro atoms. The van der Waals surface area contributed by atoms with Crippen molar-refractivity contribution in [2.45, 2.75) is 0 Å². The highest BCUT2D eigenvalue weighted by Crippen LogP contribution is 2.28. The number of carbonyl (C=O) groups excluding carboxylic acids is 1. The smallest absolute Gasteiger partial charge is 0.238 e. The molecular formula is C14H12N4O. The second-order valence-corrected chi connectivity index (χ2v) is 4.15. The first kappa shape index (κ1) is 11.6. The summed E-state index contributed by atoms with van der Waals surface area (Å²) in [6.45, 7) is -0.0488. The second kappa shape index (κ2) is 4.62. The third-order valence-corrected chi connectivity index (χ3v) is 2.92. The molecule has 0 bridgehead atoms. The predicted octanol–water partition coefficient (Wildman–Crippen LogP) is 1.68. The monoisotopic (exact) mass is 252 g/mol. The van der Waals surface area contributed by atoms with Crippen molar-refractivity contribution >= 4 is 33.4 Å². The van der Waals surface area contributed by atoms with Crippen molar-refractivity contribution in [1.29, 1.82) is 0 Å². The summed E-state index contributed by atoms with van der Waals surface area (Å²) in [6, 6.07) is 9.41. The molecular weight excluding hydrogens is 240 g/mol. The van der Waals surface area contributed by atoms with Crippen molar-refractivity contribution in [2.24, 2.45) is 5.73 Å². The van der Waals surface area contributed by atoms with E-state index < -0.39 is 0 Å². The van der Waals surface area contributed by atoms with Crippen LogP contribution in [0.4, 0.5) is 5.69 Å². The van der Waals surface area contributed by atoms with Crippen LogP contribution in [0.5, 0.6) is 0 Å². The number of aromatic nitrogens is 2. The summed E-state index contributed by atoms with van der Waals surface area (Å²) >= 11 is 0. The normalized spacial score (nSPS) is 10.8. The summed E-state index contributed by atoms with van der Waals surface area (Å²) in [5, 5.41) is 4.58. The molecule has 2 heterocycles. The molecule has 0 unspecified atom stereocenters. The average Bonchev–Trinajstić information content (AvgIpc) is 2.47. The number of hydrogen-bond acceptors (Lipinski definition) is 4. The van der Waals surface area contributed by atoms with E-state index in [2.05, 4.69) is 15.3 Å². The van der Waals surface area contributed by atoms with Gasteiger partial charge in [-0.1, -0.05) is 6.07 Å². The topological polar surface area (TPSA) is 80.9 Å². The number of hydrogen-bond donors (Lipinski definition) is 2. The van der Waals surface area contributed by atoms with Gasteiger partial charge in [0.25, 0.3) is 0 Å². The van der Waals surface area contributed by atoms with Gasteiger partial charge in [0.1, 0.15) is 0 Å². The molecule has 0 radical (unpaired) electrons. The molecule has 94 valence electrons. The van der Waals surface area contributed by atoms with E-state index in [-0.39, 0.29) is 12.5 Å². The van der Waals surface area contributed by atoms with E-state index in [0.29, 0.717) is 5.69 Å². The van der Waals surface area contributed by atoms with Crippen LogP contribution >= 0.6 is 0 Å². The van der Waals surface area contributed by atoms with Gasteiger partial charge in [-0.2, -0.15) is 0 Å². The molecule has 0 aliphatic rings. The van der Waals surface area contributed by atoms with Gasteiger partial charge in [-0.05, 0) is 24.3 Å². The highest BCUT2D eigenvalue weighted by atomic mass is 16.1. The Morgan fingerprint density at radius 3 is 2.68 bits per heavy atom. The molecule has 3 aromatic rings. The molecule has 19 heavy (non-hydrogen) atoms. The first-order valence-corrected chi connectivity index (χ1v) is 5.92. The van der Waals surface area contributed by atoms with E-state index in [1.165, 1.54) is 0 Å². The Labute approximate surface area is 109 Å². The van der Waals surface area contributed by atoms with Gasteiger partial charge >= 0.3 is 0 Å². The summed E-state index contributed by atoms with van der Waals surface area (Å²) < 4.78 is 0. The van der Waals surface area contributed by atoms with Crippen LogP contribution in [0.25, 0.3) is 21.8 Å². The number of benzene rings is 1. The van der Waals surface area contributed by atoms with Crippen LogP contribution in [0.1, 0.15) is 0 Å². The van der Waals surface area contributed by atoms with E-state index in [1.807, 2.05) is 30.3 Å².